The molecule has 4 aromatic heterocycles. The van der Waals surface area contributed by atoms with Crippen LogP contribution >= 0.6 is 11.8 Å². The fourth-order valence-electron chi connectivity index (χ4n) is 8.04. The van der Waals surface area contributed by atoms with E-state index in [1.54, 1.807) is 83.4 Å². The van der Waals surface area contributed by atoms with Crippen molar-refractivity contribution in [2.45, 2.75) is 48.4 Å². The molecule has 0 spiro atoms. The summed E-state index contributed by atoms with van der Waals surface area (Å²) in [5, 5.41) is 27.7. The van der Waals surface area contributed by atoms with E-state index in [1.807, 2.05) is 18.2 Å². The zero-order valence-electron chi connectivity index (χ0n) is 32.7. The predicted octanol–water partition coefficient (Wildman–Crippen LogP) is 7.08. The third kappa shape index (κ3) is 8.13. The summed E-state index contributed by atoms with van der Waals surface area (Å²) >= 11 is 1.63. The van der Waals surface area contributed by atoms with Crippen LogP contribution in [0.3, 0.4) is 0 Å². The molecule has 2 aromatic carbocycles. The van der Waals surface area contributed by atoms with Crippen LogP contribution in [-0.2, 0) is 15.1 Å². The van der Waals surface area contributed by atoms with Gasteiger partial charge in [-0.1, -0.05) is 24.3 Å². The molecule has 0 saturated carbocycles. The second kappa shape index (κ2) is 17.6. The number of carbonyl (C=O) groups is 1. The van der Waals surface area contributed by atoms with Crippen LogP contribution in [0.1, 0.15) is 43.9 Å². The number of rotatable bonds is 13. The largest absolute Gasteiger partial charge is 0.466 e. The van der Waals surface area contributed by atoms with Crippen LogP contribution in [0.4, 0.5) is 27.4 Å². The number of imidazole rings is 1. The fourth-order valence-corrected chi connectivity index (χ4v) is 9.10. The Kier molecular flexibility index (Phi) is 11.8. The number of aromatic nitrogens is 7. The molecule has 2 atom stereocenters. The summed E-state index contributed by atoms with van der Waals surface area (Å²) in [4.78, 5) is 68.2. The van der Waals surface area contributed by atoms with E-state index in [2.05, 4.69) is 29.9 Å². The van der Waals surface area contributed by atoms with Crippen LogP contribution in [0.2, 0.25) is 0 Å². The van der Waals surface area contributed by atoms with Gasteiger partial charge in [0.15, 0.2) is 5.69 Å². The minimum absolute atomic E-state index is 0.00874. The Hall–Kier alpha value is -7.09. The third-order valence-electron chi connectivity index (χ3n) is 10.7. The van der Waals surface area contributed by atoms with Gasteiger partial charge in [-0.25, -0.2) is 29.3 Å². The van der Waals surface area contributed by atoms with Crippen molar-refractivity contribution >= 4 is 40.7 Å². The molecule has 2 aliphatic rings. The van der Waals surface area contributed by atoms with Crippen molar-refractivity contribution in [2.75, 3.05) is 36.0 Å². The van der Waals surface area contributed by atoms with Crippen LogP contribution in [0.5, 0.6) is 11.6 Å². The van der Waals surface area contributed by atoms with Crippen molar-refractivity contribution in [1.82, 2.24) is 34.5 Å². The predicted molar refractivity (Wildman–Crippen MR) is 220 cm³/mol. The molecule has 0 aliphatic carbocycles. The number of ether oxygens (including phenoxy) is 2. The van der Waals surface area contributed by atoms with Gasteiger partial charge in [-0.3, -0.25) is 25.0 Å². The highest BCUT2D eigenvalue weighted by Gasteiger charge is 2.56. The van der Waals surface area contributed by atoms with Gasteiger partial charge in [0.1, 0.15) is 29.8 Å². The first-order chi connectivity index (χ1) is 29.7. The van der Waals surface area contributed by atoms with Crippen LogP contribution in [0.25, 0.3) is 5.69 Å². The van der Waals surface area contributed by atoms with E-state index in [-0.39, 0.29) is 59.9 Å². The summed E-state index contributed by atoms with van der Waals surface area (Å²) < 4.78 is 29.9. The summed E-state index contributed by atoms with van der Waals surface area (Å²) in [6.07, 6.45) is 9.97. The van der Waals surface area contributed by atoms with Gasteiger partial charge in [0, 0.05) is 54.7 Å². The Morgan fingerprint density at radius 2 is 1.61 bits per heavy atom. The van der Waals surface area contributed by atoms with Crippen molar-refractivity contribution in [3.05, 3.63) is 142 Å². The molecule has 18 nitrogen and oxygen atoms in total. The lowest BCUT2D eigenvalue weighted by molar-refractivity contribution is -0.386. The van der Waals surface area contributed by atoms with Crippen LogP contribution < -0.4 is 14.5 Å². The van der Waals surface area contributed by atoms with Crippen LogP contribution in [-0.4, -0.2) is 81.8 Å². The number of thioether (sulfide) groups is 1. The normalized spacial score (nSPS) is 18.1. The van der Waals surface area contributed by atoms with Gasteiger partial charge < -0.3 is 23.8 Å². The molecule has 0 bridgehead atoms. The minimum Gasteiger partial charge on any atom is -0.466 e. The van der Waals surface area contributed by atoms with Crippen molar-refractivity contribution < 1.29 is 28.5 Å². The molecule has 20 heteroatoms. The minimum atomic E-state index is -2.07. The SMILES string of the molecule is CCOC(=O)C1CCN(c2ncnc(Oc3ccc(-n4ccnc4)cc3)c2[N+](=O)[O-])C(c2ccccc2F)(c2ncnc(N3CCC(Sc4ccccn4)CC3)c2[N+](=O)[O-])C1. The van der Waals surface area contributed by atoms with Gasteiger partial charge in [0.2, 0.25) is 11.6 Å². The number of benzene rings is 2. The summed E-state index contributed by atoms with van der Waals surface area (Å²) in [5.74, 6) is -2.94. The van der Waals surface area contributed by atoms with Crippen molar-refractivity contribution in [3.63, 3.8) is 0 Å². The zero-order chi connectivity index (χ0) is 42.5. The number of anilines is 2. The first-order valence-corrected chi connectivity index (χ1v) is 20.3. The van der Waals surface area contributed by atoms with E-state index in [9.17, 15) is 25.0 Å². The molecular formula is C41H38FN11O7S. The average Bonchev–Trinajstić information content (AvgIpc) is 3.82. The number of carbonyl (C=O) groups excluding carboxylic acids is 1. The Bertz CT molecular complexity index is 2530. The Labute approximate surface area is 352 Å². The Morgan fingerprint density at radius 1 is 0.869 bits per heavy atom. The maximum absolute atomic E-state index is 16.7. The topological polar surface area (TPSA) is 211 Å². The lowest BCUT2D eigenvalue weighted by Crippen LogP contribution is -2.55. The molecule has 0 amide bonds. The van der Waals surface area contributed by atoms with Gasteiger partial charge in [0.25, 0.3) is 0 Å². The number of hydrogen-bond donors (Lipinski definition) is 0. The highest BCUT2D eigenvalue weighted by molar-refractivity contribution is 7.99. The second-order valence-electron chi connectivity index (χ2n) is 14.2. The molecule has 0 N–H and O–H groups in total. The standard InChI is InChI=1S/C41H38FN11O7S/c1-2-59-40(54)27-14-21-51(38-35(53(57)58)39(48-25-47-38)60-29-12-10-28(11-13-29)50-22-18-43-26-50)41(23-27,31-7-3-4-8-32(31)42)36-34(52(55)56)37(46-24-45-36)49-19-15-30(16-20-49)61-33-9-5-6-17-44-33/h3-13,17-18,22,24-27,30H,2,14-16,19-21,23H2,1H3. The Balaban J connectivity index is 1.27. The zero-order valence-corrected chi connectivity index (χ0v) is 33.5. The van der Waals surface area contributed by atoms with E-state index in [1.165, 1.54) is 23.1 Å². The smallest absolute Gasteiger partial charge is 0.373 e. The number of hydrogen-bond acceptors (Lipinski definition) is 16. The lowest BCUT2D eigenvalue weighted by atomic mass is 9.72. The Morgan fingerprint density at radius 3 is 2.30 bits per heavy atom. The lowest BCUT2D eigenvalue weighted by Gasteiger charge is -2.49. The molecule has 0 radical (unpaired) electrons. The number of nitrogens with zero attached hydrogens (tertiary/aromatic N) is 11. The van der Waals surface area contributed by atoms with Gasteiger partial charge in [-0.2, -0.15) is 4.98 Å². The first-order valence-electron chi connectivity index (χ1n) is 19.4. The number of esters is 1. The molecule has 312 valence electrons. The first kappa shape index (κ1) is 40.7. The maximum atomic E-state index is 16.7. The molecule has 8 rings (SSSR count). The van der Waals surface area contributed by atoms with E-state index in [0.717, 1.165) is 23.4 Å². The third-order valence-corrected chi connectivity index (χ3v) is 12.0. The number of halogens is 1. The van der Waals surface area contributed by atoms with Gasteiger partial charge in [0.05, 0.1) is 33.7 Å². The molecule has 2 aliphatic heterocycles. The monoisotopic (exact) mass is 847 g/mol. The molecule has 6 heterocycles. The summed E-state index contributed by atoms with van der Waals surface area (Å²) in [6.45, 7) is 2.30. The van der Waals surface area contributed by atoms with Gasteiger partial charge >= 0.3 is 23.2 Å². The molecule has 2 fully saturated rings. The number of piperidine rings is 2. The molecule has 61 heavy (non-hydrogen) atoms. The van der Waals surface area contributed by atoms with Crippen molar-refractivity contribution in [3.8, 4) is 17.3 Å². The summed E-state index contributed by atoms with van der Waals surface area (Å²) in [5.41, 5.74) is -2.97. The average molecular weight is 848 g/mol. The van der Waals surface area contributed by atoms with E-state index < -0.39 is 50.3 Å². The van der Waals surface area contributed by atoms with Gasteiger partial charge in [-0.05, 0) is 75.1 Å². The highest BCUT2D eigenvalue weighted by atomic mass is 32.2. The molecule has 2 unspecified atom stereocenters. The van der Waals surface area contributed by atoms with E-state index >= 15 is 4.39 Å². The van der Waals surface area contributed by atoms with E-state index in [0.29, 0.717) is 25.9 Å². The van der Waals surface area contributed by atoms with Crippen molar-refractivity contribution in [2.24, 2.45) is 5.92 Å². The van der Waals surface area contributed by atoms with Crippen molar-refractivity contribution in [1.29, 1.82) is 0 Å². The molecule has 2 saturated heterocycles. The van der Waals surface area contributed by atoms with Crippen LogP contribution in [0.15, 0.2) is 109 Å². The number of nitro groups is 2. The quantitative estimate of drug-likeness (QED) is 0.0646. The van der Waals surface area contributed by atoms with Gasteiger partial charge in [-0.15, -0.1) is 11.8 Å². The molecule has 6 aromatic rings. The summed E-state index contributed by atoms with van der Waals surface area (Å²) in [6, 6.07) is 17.9. The maximum Gasteiger partial charge on any atom is 0.373 e. The van der Waals surface area contributed by atoms with E-state index in [4.69, 9.17) is 9.47 Å². The van der Waals surface area contributed by atoms with Crippen LogP contribution in [0, 0.1) is 32.0 Å². The second-order valence-corrected chi connectivity index (χ2v) is 15.6. The molecular weight excluding hydrogens is 810 g/mol. The summed E-state index contributed by atoms with van der Waals surface area (Å²) in [7, 11) is 0. The highest BCUT2D eigenvalue weighted by Crippen LogP contribution is 2.53. The fraction of sp³-hybridized carbons (Fsp3) is 0.293. The number of pyridine rings is 1.